The van der Waals surface area contributed by atoms with Crippen LogP contribution < -0.4 is 0 Å². The maximum absolute atomic E-state index is 10.3. The normalized spacial score (nSPS) is 12.9. The topological polar surface area (TPSA) is 51.2 Å². The van der Waals surface area contributed by atoms with Crippen LogP contribution >= 0.6 is 0 Å². The third-order valence-corrected chi connectivity index (χ3v) is 3.54. The Bertz CT molecular complexity index is 727. The van der Waals surface area contributed by atoms with Crippen LogP contribution in [0.25, 0.3) is 11.0 Å². The fourth-order valence-electron chi connectivity index (χ4n) is 2.44. The first-order valence-corrected chi connectivity index (χ1v) is 6.85. The number of hydrogen-bond acceptors (Lipinski definition) is 3. The molecule has 4 nitrogen and oxygen atoms in total. The zero-order valence-corrected chi connectivity index (χ0v) is 11.7. The van der Waals surface area contributed by atoms with E-state index in [-0.39, 0.29) is 0 Å². The molecule has 1 aromatic carbocycles. The highest BCUT2D eigenvalue weighted by atomic mass is 16.4. The van der Waals surface area contributed by atoms with E-state index in [1.807, 2.05) is 35.9 Å². The predicted molar refractivity (Wildman–Crippen MR) is 77.5 cm³/mol. The number of furan rings is 1. The van der Waals surface area contributed by atoms with Gasteiger partial charge < -0.3 is 14.1 Å². The van der Waals surface area contributed by atoms with Crippen molar-refractivity contribution in [2.45, 2.75) is 32.9 Å². The molecule has 0 radical (unpaired) electrons. The van der Waals surface area contributed by atoms with Crippen LogP contribution in [0.2, 0.25) is 0 Å². The number of imidazole rings is 1. The first-order chi connectivity index (χ1) is 9.67. The minimum atomic E-state index is -0.671. The van der Waals surface area contributed by atoms with Gasteiger partial charge >= 0.3 is 0 Å². The van der Waals surface area contributed by atoms with Gasteiger partial charge in [-0.1, -0.05) is 11.6 Å². The van der Waals surface area contributed by atoms with Gasteiger partial charge in [-0.2, -0.15) is 0 Å². The van der Waals surface area contributed by atoms with E-state index < -0.39 is 6.10 Å². The molecule has 0 saturated heterocycles. The monoisotopic (exact) mass is 270 g/mol. The van der Waals surface area contributed by atoms with Crippen molar-refractivity contribution in [2.75, 3.05) is 0 Å². The summed E-state index contributed by atoms with van der Waals surface area (Å²) in [6.45, 7) is 4.95. The lowest BCUT2D eigenvalue weighted by Crippen LogP contribution is -2.07. The minimum absolute atomic E-state index is 0.458. The fraction of sp³-hybridized carbons (Fsp3) is 0.312. The van der Waals surface area contributed by atoms with Crippen molar-refractivity contribution >= 4 is 11.0 Å². The van der Waals surface area contributed by atoms with Crippen LogP contribution in [0.3, 0.4) is 0 Å². The number of aromatic nitrogens is 2. The number of fused-ring (bicyclic) bond motifs is 1. The number of rotatable bonds is 4. The van der Waals surface area contributed by atoms with Gasteiger partial charge in [0.1, 0.15) is 23.3 Å². The maximum atomic E-state index is 10.3. The molecule has 0 aliphatic rings. The van der Waals surface area contributed by atoms with Gasteiger partial charge in [0.05, 0.1) is 0 Å². The van der Waals surface area contributed by atoms with E-state index >= 15 is 0 Å². The molecule has 1 N–H and O–H groups in total. The Balaban J connectivity index is 1.86. The summed E-state index contributed by atoms with van der Waals surface area (Å²) in [4.78, 5) is 4.28. The molecule has 0 aliphatic carbocycles. The molecule has 104 valence electrons. The smallest absolute Gasteiger partial charge is 0.134 e. The Morgan fingerprint density at radius 2 is 2.20 bits per heavy atom. The molecule has 1 atom stereocenters. The van der Waals surface area contributed by atoms with Crippen molar-refractivity contribution in [3.63, 3.8) is 0 Å². The standard InChI is InChI=1S/C16H18N2O2/c1-3-18-7-6-17-16(18)10-13(19)15-9-12-8-11(2)4-5-14(12)20-15/h4-9,13,19H,3,10H2,1-2H3. The van der Waals surface area contributed by atoms with Crippen LogP contribution in [-0.2, 0) is 13.0 Å². The van der Waals surface area contributed by atoms with Crippen LogP contribution in [0.5, 0.6) is 0 Å². The molecular weight excluding hydrogens is 252 g/mol. The number of hydrogen-bond donors (Lipinski definition) is 1. The van der Waals surface area contributed by atoms with Gasteiger partial charge in [0, 0.05) is 30.7 Å². The molecule has 0 spiro atoms. The van der Waals surface area contributed by atoms with E-state index in [2.05, 4.69) is 18.0 Å². The second-order valence-corrected chi connectivity index (χ2v) is 5.04. The average molecular weight is 270 g/mol. The molecule has 3 rings (SSSR count). The lowest BCUT2D eigenvalue weighted by molar-refractivity contribution is 0.149. The summed E-state index contributed by atoms with van der Waals surface area (Å²) in [5, 5.41) is 11.4. The first-order valence-electron chi connectivity index (χ1n) is 6.85. The Labute approximate surface area is 117 Å². The van der Waals surface area contributed by atoms with Gasteiger partial charge in [0.15, 0.2) is 0 Å². The van der Waals surface area contributed by atoms with Gasteiger partial charge in [0.2, 0.25) is 0 Å². The van der Waals surface area contributed by atoms with Crippen molar-refractivity contribution in [2.24, 2.45) is 0 Å². The van der Waals surface area contributed by atoms with Crippen molar-refractivity contribution in [1.82, 2.24) is 9.55 Å². The first kappa shape index (κ1) is 12.9. The molecule has 0 saturated carbocycles. The van der Waals surface area contributed by atoms with Crippen molar-refractivity contribution in [3.8, 4) is 0 Å². The van der Waals surface area contributed by atoms with E-state index in [1.165, 1.54) is 5.56 Å². The molecule has 0 aliphatic heterocycles. The van der Waals surface area contributed by atoms with Gasteiger partial charge in [-0.25, -0.2) is 4.98 Å². The highest BCUT2D eigenvalue weighted by Gasteiger charge is 2.16. The molecule has 0 fully saturated rings. The lowest BCUT2D eigenvalue weighted by Gasteiger charge is -2.08. The van der Waals surface area contributed by atoms with Gasteiger partial charge in [-0.05, 0) is 32.0 Å². The van der Waals surface area contributed by atoms with E-state index in [0.29, 0.717) is 12.2 Å². The summed E-state index contributed by atoms with van der Waals surface area (Å²) in [7, 11) is 0. The summed E-state index contributed by atoms with van der Waals surface area (Å²) >= 11 is 0. The van der Waals surface area contributed by atoms with Crippen molar-refractivity contribution in [3.05, 3.63) is 53.8 Å². The molecule has 1 unspecified atom stereocenters. The van der Waals surface area contributed by atoms with Gasteiger partial charge in [-0.3, -0.25) is 0 Å². The molecule has 4 heteroatoms. The summed E-state index contributed by atoms with van der Waals surface area (Å²) in [6.07, 6.45) is 3.47. The summed E-state index contributed by atoms with van der Waals surface area (Å²) in [5.41, 5.74) is 1.99. The average Bonchev–Trinajstić information content (AvgIpc) is 3.04. The Morgan fingerprint density at radius 3 is 3.00 bits per heavy atom. The summed E-state index contributed by atoms with van der Waals surface area (Å²) in [6, 6.07) is 7.91. The number of nitrogens with zero attached hydrogens (tertiary/aromatic N) is 2. The molecule has 0 bridgehead atoms. The van der Waals surface area contributed by atoms with Gasteiger partial charge in [-0.15, -0.1) is 0 Å². The van der Waals surface area contributed by atoms with E-state index in [4.69, 9.17) is 4.42 Å². The number of aliphatic hydroxyl groups is 1. The van der Waals surface area contributed by atoms with E-state index in [0.717, 1.165) is 23.3 Å². The zero-order valence-electron chi connectivity index (χ0n) is 11.7. The van der Waals surface area contributed by atoms with E-state index in [9.17, 15) is 5.11 Å². The number of aryl methyl sites for hydroxylation is 2. The Kier molecular flexibility index (Phi) is 3.32. The van der Waals surface area contributed by atoms with Crippen LogP contribution in [0, 0.1) is 6.92 Å². The zero-order chi connectivity index (χ0) is 14.1. The van der Waals surface area contributed by atoms with Crippen molar-refractivity contribution in [1.29, 1.82) is 0 Å². The molecule has 2 aromatic heterocycles. The van der Waals surface area contributed by atoms with Crippen LogP contribution in [0.1, 0.15) is 30.2 Å². The SMILES string of the molecule is CCn1ccnc1CC(O)c1cc2cc(C)ccc2o1. The molecular formula is C16H18N2O2. The summed E-state index contributed by atoms with van der Waals surface area (Å²) < 4.78 is 7.74. The predicted octanol–water partition coefficient (Wildman–Crippen LogP) is 3.23. The maximum Gasteiger partial charge on any atom is 0.134 e. The quantitative estimate of drug-likeness (QED) is 0.791. The second kappa shape index (κ2) is 5.13. The van der Waals surface area contributed by atoms with E-state index in [1.54, 1.807) is 6.20 Å². The number of aliphatic hydroxyl groups excluding tert-OH is 1. The highest BCUT2D eigenvalue weighted by molar-refractivity contribution is 5.78. The van der Waals surface area contributed by atoms with Crippen LogP contribution in [0.4, 0.5) is 0 Å². The molecule has 0 amide bonds. The largest absolute Gasteiger partial charge is 0.458 e. The molecule has 2 heterocycles. The van der Waals surface area contributed by atoms with Crippen molar-refractivity contribution < 1.29 is 9.52 Å². The molecule has 3 aromatic rings. The minimum Gasteiger partial charge on any atom is -0.458 e. The fourth-order valence-corrected chi connectivity index (χ4v) is 2.44. The molecule has 20 heavy (non-hydrogen) atoms. The van der Waals surface area contributed by atoms with Crippen LogP contribution in [-0.4, -0.2) is 14.7 Å². The third kappa shape index (κ3) is 2.34. The van der Waals surface area contributed by atoms with Crippen LogP contribution in [0.15, 0.2) is 41.1 Å². The lowest BCUT2D eigenvalue weighted by atomic mass is 10.1. The van der Waals surface area contributed by atoms with Gasteiger partial charge in [0.25, 0.3) is 0 Å². The number of benzene rings is 1. The second-order valence-electron chi connectivity index (χ2n) is 5.04. The highest BCUT2D eigenvalue weighted by Crippen LogP contribution is 2.26. The Hall–Kier alpha value is -2.07. The Morgan fingerprint density at radius 1 is 1.35 bits per heavy atom. The third-order valence-electron chi connectivity index (χ3n) is 3.54. The summed E-state index contributed by atoms with van der Waals surface area (Å²) in [5.74, 6) is 1.47.